The Balaban J connectivity index is 1.43. The summed E-state index contributed by atoms with van der Waals surface area (Å²) in [5, 5.41) is 9.35. The van der Waals surface area contributed by atoms with Crippen LogP contribution in [0.2, 0.25) is 0 Å². The van der Waals surface area contributed by atoms with Gasteiger partial charge in [0.25, 0.3) is 11.8 Å². The van der Waals surface area contributed by atoms with Crippen LogP contribution in [0.4, 0.5) is 15.8 Å². The van der Waals surface area contributed by atoms with E-state index in [9.17, 15) is 14.0 Å². The van der Waals surface area contributed by atoms with Crippen molar-refractivity contribution in [3.05, 3.63) is 82.3 Å². The predicted octanol–water partition coefficient (Wildman–Crippen LogP) is 4.29. The van der Waals surface area contributed by atoms with E-state index in [0.717, 1.165) is 16.9 Å². The maximum Gasteiger partial charge on any atom is 0.265 e. The van der Waals surface area contributed by atoms with Gasteiger partial charge in [0.2, 0.25) is 0 Å². The number of halogens is 1. The average Bonchev–Trinajstić information content (AvgIpc) is 3.48. The molecule has 0 saturated carbocycles. The number of carbonyl (C=O) groups excluding carboxylic acids is 2. The minimum Gasteiger partial charge on any atom is -0.497 e. The number of anilines is 2. The van der Waals surface area contributed by atoms with E-state index in [1.165, 1.54) is 29.5 Å². The van der Waals surface area contributed by atoms with Crippen LogP contribution < -0.4 is 15.4 Å². The number of benzene rings is 2. The lowest BCUT2D eigenvalue weighted by Crippen LogP contribution is -2.12. The van der Waals surface area contributed by atoms with E-state index in [1.54, 1.807) is 37.4 Å². The molecule has 8 nitrogen and oxygen atoms in total. The van der Waals surface area contributed by atoms with Gasteiger partial charge in [0.05, 0.1) is 16.9 Å². The number of thiophene rings is 1. The summed E-state index contributed by atoms with van der Waals surface area (Å²) in [7, 11) is 1.57. The first-order valence-electron chi connectivity index (χ1n) is 9.46. The van der Waals surface area contributed by atoms with Crippen molar-refractivity contribution >= 4 is 34.5 Å². The summed E-state index contributed by atoms with van der Waals surface area (Å²) < 4.78 is 20.8. The van der Waals surface area contributed by atoms with Crippen molar-refractivity contribution < 1.29 is 18.7 Å². The minimum atomic E-state index is -0.561. The molecule has 0 saturated heterocycles. The first-order valence-corrected chi connectivity index (χ1v) is 10.3. The summed E-state index contributed by atoms with van der Waals surface area (Å²) in [6, 6.07) is 12.7. The van der Waals surface area contributed by atoms with E-state index >= 15 is 0 Å². The molecule has 0 unspecified atom stereocenters. The monoisotopic (exact) mass is 451 g/mol. The summed E-state index contributed by atoms with van der Waals surface area (Å²) in [6.07, 6.45) is 2.68. The maximum absolute atomic E-state index is 14.4. The summed E-state index contributed by atoms with van der Waals surface area (Å²) in [4.78, 5) is 29.6. The van der Waals surface area contributed by atoms with Gasteiger partial charge in [0.15, 0.2) is 5.82 Å². The quantitative estimate of drug-likeness (QED) is 0.456. The highest BCUT2D eigenvalue weighted by atomic mass is 32.1. The number of carbonyl (C=O) groups is 2. The average molecular weight is 451 g/mol. The zero-order valence-electron chi connectivity index (χ0n) is 17.1. The normalized spacial score (nSPS) is 10.6. The van der Waals surface area contributed by atoms with Crippen LogP contribution in [0, 0.1) is 12.7 Å². The summed E-state index contributed by atoms with van der Waals surface area (Å²) in [6.45, 7) is 1.86. The van der Waals surface area contributed by atoms with Crippen molar-refractivity contribution in [3.8, 4) is 11.4 Å². The third-order valence-electron chi connectivity index (χ3n) is 4.61. The predicted molar refractivity (Wildman–Crippen MR) is 119 cm³/mol. The van der Waals surface area contributed by atoms with E-state index in [-0.39, 0.29) is 17.3 Å². The summed E-state index contributed by atoms with van der Waals surface area (Å²) in [5.41, 5.74) is 2.00. The van der Waals surface area contributed by atoms with Gasteiger partial charge in [-0.25, -0.2) is 14.1 Å². The molecule has 0 fully saturated rings. The number of nitrogens with zero attached hydrogens (tertiary/aromatic N) is 3. The SMILES string of the molecule is COc1ccc(NC(=O)c2ccc(C(=O)Nc3ccc(-n4cncn4)c(F)c3)s2)c(C)c1. The van der Waals surface area contributed by atoms with Crippen LogP contribution in [0.1, 0.15) is 24.9 Å². The Hall–Kier alpha value is -4.05. The molecule has 0 bridgehead atoms. The minimum absolute atomic E-state index is 0.212. The Labute approximate surface area is 186 Å². The lowest BCUT2D eigenvalue weighted by molar-refractivity contribution is 0.102. The number of nitrogens with one attached hydrogen (secondary N) is 2. The summed E-state index contributed by atoms with van der Waals surface area (Å²) in [5.74, 6) is -0.635. The second-order valence-electron chi connectivity index (χ2n) is 6.76. The molecule has 0 aliphatic rings. The Morgan fingerprint density at radius 3 is 2.41 bits per heavy atom. The zero-order valence-corrected chi connectivity index (χ0v) is 17.9. The smallest absolute Gasteiger partial charge is 0.265 e. The molecule has 2 aromatic carbocycles. The van der Waals surface area contributed by atoms with Crippen molar-refractivity contribution in [2.75, 3.05) is 17.7 Å². The van der Waals surface area contributed by atoms with Crippen molar-refractivity contribution in [1.29, 1.82) is 0 Å². The number of hydrogen-bond acceptors (Lipinski definition) is 6. The molecule has 0 aliphatic carbocycles. The highest BCUT2D eigenvalue weighted by molar-refractivity contribution is 7.16. The second kappa shape index (κ2) is 8.98. The molecular formula is C22H18FN5O3S. The zero-order chi connectivity index (χ0) is 22.7. The van der Waals surface area contributed by atoms with E-state index in [1.807, 2.05) is 13.0 Å². The molecule has 4 rings (SSSR count). The fourth-order valence-corrected chi connectivity index (χ4v) is 3.76. The van der Waals surface area contributed by atoms with E-state index in [4.69, 9.17) is 4.74 Å². The molecule has 2 amide bonds. The second-order valence-corrected chi connectivity index (χ2v) is 7.84. The van der Waals surface area contributed by atoms with Gasteiger partial charge in [-0.05, 0) is 61.0 Å². The number of aromatic nitrogens is 3. The third-order valence-corrected chi connectivity index (χ3v) is 5.69. The number of amides is 2. The topological polar surface area (TPSA) is 98.1 Å². The maximum atomic E-state index is 14.4. The molecule has 4 aromatic rings. The van der Waals surface area contributed by atoms with Crippen LogP contribution in [0.5, 0.6) is 5.75 Å². The molecule has 2 aromatic heterocycles. The largest absolute Gasteiger partial charge is 0.497 e. The first kappa shape index (κ1) is 21.2. The van der Waals surface area contributed by atoms with Crippen LogP contribution in [0.25, 0.3) is 5.69 Å². The first-order chi connectivity index (χ1) is 15.4. The summed E-state index contributed by atoms with van der Waals surface area (Å²) >= 11 is 1.04. The number of methoxy groups -OCH3 is 1. The molecule has 0 spiro atoms. The molecule has 2 heterocycles. The van der Waals surface area contributed by atoms with Crippen molar-refractivity contribution in [1.82, 2.24) is 14.8 Å². The fraction of sp³-hybridized carbons (Fsp3) is 0.0909. The van der Waals surface area contributed by atoms with Gasteiger partial charge in [-0.15, -0.1) is 11.3 Å². The molecule has 0 atom stereocenters. The highest BCUT2D eigenvalue weighted by Crippen LogP contribution is 2.24. The van der Waals surface area contributed by atoms with Gasteiger partial charge in [-0.1, -0.05) is 0 Å². The van der Waals surface area contributed by atoms with Crippen LogP contribution in [0.15, 0.2) is 61.2 Å². The lowest BCUT2D eigenvalue weighted by Gasteiger charge is -2.09. The van der Waals surface area contributed by atoms with E-state index < -0.39 is 11.7 Å². The van der Waals surface area contributed by atoms with Crippen molar-refractivity contribution in [2.24, 2.45) is 0 Å². The number of aryl methyl sites for hydroxylation is 1. The van der Waals surface area contributed by atoms with Gasteiger partial charge in [-0.3, -0.25) is 9.59 Å². The van der Waals surface area contributed by atoms with Crippen molar-refractivity contribution in [2.45, 2.75) is 6.92 Å². The molecule has 32 heavy (non-hydrogen) atoms. The third kappa shape index (κ3) is 4.49. The Morgan fingerprint density at radius 1 is 1.03 bits per heavy atom. The number of hydrogen-bond donors (Lipinski definition) is 2. The van der Waals surface area contributed by atoms with Gasteiger partial charge in [0, 0.05) is 11.4 Å². The Bertz CT molecular complexity index is 1290. The van der Waals surface area contributed by atoms with Gasteiger partial charge >= 0.3 is 0 Å². The fourth-order valence-electron chi connectivity index (χ4n) is 2.97. The van der Waals surface area contributed by atoms with Gasteiger partial charge < -0.3 is 15.4 Å². The number of rotatable bonds is 6. The Kier molecular flexibility index (Phi) is 5.95. The van der Waals surface area contributed by atoms with Crippen LogP contribution >= 0.6 is 11.3 Å². The van der Waals surface area contributed by atoms with Crippen LogP contribution in [-0.4, -0.2) is 33.7 Å². The Morgan fingerprint density at radius 2 is 1.78 bits per heavy atom. The van der Waals surface area contributed by atoms with E-state index in [2.05, 4.69) is 20.7 Å². The van der Waals surface area contributed by atoms with Crippen molar-refractivity contribution in [3.63, 3.8) is 0 Å². The van der Waals surface area contributed by atoms with Crippen LogP contribution in [0.3, 0.4) is 0 Å². The van der Waals surface area contributed by atoms with E-state index in [0.29, 0.717) is 21.2 Å². The van der Waals surface area contributed by atoms with Gasteiger partial charge in [0.1, 0.15) is 24.1 Å². The van der Waals surface area contributed by atoms with Crippen LogP contribution in [-0.2, 0) is 0 Å². The molecular weight excluding hydrogens is 433 g/mol. The highest BCUT2D eigenvalue weighted by Gasteiger charge is 2.16. The molecule has 0 radical (unpaired) electrons. The molecule has 2 N–H and O–H groups in total. The molecule has 10 heteroatoms. The lowest BCUT2D eigenvalue weighted by atomic mass is 10.2. The van der Waals surface area contributed by atoms with Gasteiger partial charge in [-0.2, -0.15) is 5.10 Å². The standard InChI is InChI=1S/C22H18FN5O3S/c1-13-9-15(31-2)4-5-17(13)27-22(30)20-8-7-19(32-20)21(29)26-14-3-6-18(16(23)10-14)28-12-24-11-25-28/h3-12H,1-2H3,(H,26,29)(H,27,30). The molecule has 162 valence electrons. The molecule has 0 aliphatic heterocycles. The number of ether oxygens (including phenoxy) is 1.